The summed E-state index contributed by atoms with van der Waals surface area (Å²) in [5, 5.41) is 22.5. The minimum absolute atomic E-state index is 0.0774. The van der Waals surface area contributed by atoms with Crippen LogP contribution < -0.4 is 5.01 Å². The fourth-order valence-electron chi connectivity index (χ4n) is 2.24. The number of aryl methyl sites for hydroxylation is 1. The predicted molar refractivity (Wildman–Crippen MR) is 91.1 cm³/mol. The van der Waals surface area contributed by atoms with Crippen LogP contribution in [0.25, 0.3) is 0 Å². The van der Waals surface area contributed by atoms with Crippen molar-refractivity contribution in [2.75, 3.05) is 5.01 Å². The van der Waals surface area contributed by atoms with Gasteiger partial charge in [-0.15, -0.1) is 10.2 Å². The smallest absolute Gasteiger partial charge is 0.342 e. The van der Waals surface area contributed by atoms with Gasteiger partial charge in [-0.25, -0.2) is 4.79 Å². The highest BCUT2D eigenvalue weighted by Gasteiger charge is 2.34. The number of benzene rings is 1. The van der Waals surface area contributed by atoms with Gasteiger partial charge in [-0.1, -0.05) is 18.2 Å². The third-order valence-electron chi connectivity index (χ3n) is 3.42. The van der Waals surface area contributed by atoms with Gasteiger partial charge < -0.3 is 9.52 Å². The van der Waals surface area contributed by atoms with Crippen LogP contribution in [0.3, 0.4) is 0 Å². The van der Waals surface area contributed by atoms with Crippen molar-refractivity contribution in [3.63, 3.8) is 0 Å². The zero-order chi connectivity index (χ0) is 18.0. The molecule has 1 aromatic carbocycles. The van der Waals surface area contributed by atoms with Crippen LogP contribution in [-0.4, -0.2) is 32.9 Å². The molecule has 1 aliphatic heterocycles. The number of nitrogens with zero attached hydrogens (tertiary/aromatic N) is 4. The number of amides is 1. The average Bonchev–Trinajstić information content (AvgIpc) is 3.12. The first-order valence-electron chi connectivity index (χ1n) is 7.33. The number of aromatic nitrogens is 2. The number of para-hydroxylation sites is 1. The lowest BCUT2D eigenvalue weighted by atomic mass is 10.0. The molecule has 1 aromatic heterocycles. The number of thioether (sulfide) groups is 1. The molecule has 0 saturated carbocycles. The van der Waals surface area contributed by atoms with Crippen LogP contribution in [0.4, 0.5) is 5.69 Å². The van der Waals surface area contributed by atoms with Gasteiger partial charge in [-0.3, -0.25) is 4.79 Å². The molecule has 0 radical (unpaired) electrons. The number of rotatable bonds is 5. The lowest BCUT2D eigenvalue weighted by Gasteiger charge is -2.12. The molecule has 0 saturated heterocycles. The first-order chi connectivity index (χ1) is 12.0. The van der Waals surface area contributed by atoms with Crippen molar-refractivity contribution >= 4 is 35.0 Å². The zero-order valence-electron chi connectivity index (χ0n) is 13.4. The number of hydrogen-bond donors (Lipinski definition) is 1. The number of carboxylic acids is 1. The summed E-state index contributed by atoms with van der Waals surface area (Å²) >= 11 is 0.801. The first kappa shape index (κ1) is 16.9. The van der Waals surface area contributed by atoms with E-state index in [4.69, 9.17) is 4.42 Å². The van der Waals surface area contributed by atoms with E-state index in [0.717, 1.165) is 11.8 Å². The summed E-state index contributed by atoms with van der Waals surface area (Å²) < 4.78 is 5.18. The van der Waals surface area contributed by atoms with E-state index in [9.17, 15) is 14.7 Å². The van der Waals surface area contributed by atoms with E-state index in [1.165, 1.54) is 11.1 Å². The molecule has 3 rings (SSSR count). The first-order valence-corrected chi connectivity index (χ1v) is 8.14. The third kappa shape index (κ3) is 3.61. The standard InChI is InChI=1S/C16H14N4O4S/c1-9-12(14(21)20(19-9)11-6-4-3-5-7-11)8-13(15(22)23)25-16-18-17-10(2)24-16/h3-8,12H,1-2H3,(H,22,23)/b13-8-/t12-/m1/s1. The third-order valence-corrected chi connectivity index (χ3v) is 4.29. The maximum absolute atomic E-state index is 12.6. The second-order valence-corrected chi connectivity index (χ2v) is 6.22. The van der Waals surface area contributed by atoms with Crippen molar-refractivity contribution in [2.45, 2.75) is 19.1 Å². The molecule has 1 atom stereocenters. The summed E-state index contributed by atoms with van der Waals surface area (Å²) in [6.07, 6.45) is 1.36. The summed E-state index contributed by atoms with van der Waals surface area (Å²) in [7, 11) is 0. The highest BCUT2D eigenvalue weighted by Crippen LogP contribution is 2.30. The molecule has 2 aromatic rings. The topological polar surface area (TPSA) is 109 Å². The van der Waals surface area contributed by atoms with E-state index in [1.807, 2.05) is 6.07 Å². The summed E-state index contributed by atoms with van der Waals surface area (Å²) in [6.45, 7) is 3.29. The van der Waals surface area contributed by atoms with Crippen LogP contribution in [0.15, 0.2) is 56.1 Å². The molecular formula is C16H14N4O4S. The van der Waals surface area contributed by atoms with Crippen molar-refractivity contribution in [2.24, 2.45) is 11.0 Å². The highest BCUT2D eigenvalue weighted by atomic mass is 32.2. The lowest BCUT2D eigenvalue weighted by molar-refractivity contribution is -0.131. The minimum Gasteiger partial charge on any atom is -0.477 e. The Morgan fingerprint density at radius 1 is 1.28 bits per heavy atom. The SMILES string of the molecule is CC1=NN(c2ccccc2)C(=O)[C@@H]1/C=C(\Sc1nnc(C)o1)C(=O)O. The number of carboxylic acid groups (broad SMARTS) is 1. The van der Waals surface area contributed by atoms with Crippen molar-refractivity contribution < 1.29 is 19.1 Å². The van der Waals surface area contributed by atoms with Crippen LogP contribution >= 0.6 is 11.8 Å². The fourth-order valence-corrected chi connectivity index (χ4v) is 2.96. The van der Waals surface area contributed by atoms with Crippen LogP contribution in [0, 0.1) is 12.8 Å². The predicted octanol–water partition coefficient (Wildman–Crippen LogP) is 2.48. The lowest BCUT2D eigenvalue weighted by Crippen LogP contribution is -2.26. The normalized spacial score (nSPS) is 17.8. The molecule has 2 heterocycles. The Morgan fingerprint density at radius 3 is 2.60 bits per heavy atom. The van der Waals surface area contributed by atoms with Gasteiger partial charge in [-0.05, 0) is 36.9 Å². The van der Waals surface area contributed by atoms with E-state index in [-0.39, 0.29) is 16.0 Å². The van der Waals surface area contributed by atoms with Gasteiger partial charge in [0.15, 0.2) is 0 Å². The van der Waals surface area contributed by atoms with E-state index < -0.39 is 11.9 Å². The van der Waals surface area contributed by atoms with Crippen molar-refractivity contribution in [1.82, 2.24) is 10.2 Å². The van der Waals surface area contributed by atoms with Gasteiger partial charge in [0.25, 0.3) is 11.1 Å². The second kappa shape index (κ2) is 6.89. The van der Waals surface area contributed by atoms with Crippen LogP contribution in [0.1, 0.15) is 12.8 Å². The summed E-state index contributed by atoms with van der Waals surface area (Å²) in [5.41, 5.74) is 1.13. The molecule has 1 amide bonds. The van der Waals surface area contributed by atoms with Gasteiger partial charge in [0.2, 0.25) is 5.89 Å². The van der Waals surface area contributed by atoms with Gasteiger partial charge in [0, 0.05) is 6.92 Å². The molecule has 1 aliphatic rings. The quantitative estimate of drug-likeness (QED) is 0.646. The number of anilines is 1. The van der Waals surface area contributed by atoms with Crippen molar-refractivity contribution in [1.29, 1.82) is 0 Å². The molecule has 0 spiro atoms. The highest BCUT2D eigenvalue weighted by molar-refractivity contribution is 8.03. The van der Waals surface area contributed by atoms with E-state index in [1.54, 1.807) is 38.1 Å². The molecule has 8 nitrogen and oxygen atoms in total. The Balaban J connectivity index is 1.86. The molecule has 0 unspecified atom stereocenters. The Labute approximate surface area is 147 Å². The van der Waals surface area contributed by atoms with Gasteiger partial charge in [0.05, 0.1) is 22.2 Å². The maximum atomic E-state index is 12.6. The van der Waals surface area contributed by atoms with E-state index >= 15 is 0 Å². The molecule has 0 bridgehead atoms. The van der Waals surface area contributed by atoms with Crippen molar-refractivity contribution in [3.8, 4) is 0 Å². The number of hydrogen-bond acceptors (Lipinski definition) is 7. The second-order valence-electron chi connectivity index (χ2n) is 5.23. The van der Waals surface area contributed by atoms with E-state index in [0.29, 0.717) is 17.3 Å². The van der Waals surface area contributed by atoms with Crippen LogP contribution in [-0.2, 0) is 9.59 Å². The molecular weight excluding hydrogens is 344 g/mol. The summed E-state index contributed by atoms with van der Waals surface area (Å²) in [6, 6.07) is 8.95. The monoisotopic (exact) mass is 358 g/mol. The van der Waals surface area contributed by atoms with Gasteiger partial charge >= 0.3 is 5.97 Å². The number of aliphatic carboxylic acids is 1. The molecule has 0 fully saturated rings. The Morgan fingerprint density at radius 2 is 2.00 bits per heavy atom. The maximum Gasteiger partial charge on any atom is 0.342 e. The molecule has 25 heavy (non-hydrogen) atoms. The number of hydrazone groups is 1. The van der Waals surface area contributed by atoms with Crippen molar-refractivity contribution in [3.05, 3.63) is 47.2 Å². The summed E-state index contributed by atoms with van der Waals surface area (Å²) in [4.78, 5) is 24.1. The Kier molecular flexibility index (Phi) is 4.66. The van der Waals surface area contributed by atoms with Gasteiger partial charge in [0.1, 0.15) is 0 Å². The fraction of sp³-hybridized carbons (Fsp3) is 0.188. The number of carbonyl (C=O) groups excluding carboxylic acids is 1. The van der Waals surface area contributed by atoms with E-state index in [2.05, 4.69) is 15.3 Å². The van der Waals surface area contributed by atoms with Gasteiger partial charge in [-0.2, -0.15) is 10.1 Å². The average molecular weight is 358 g/mol. The molecule has 9 heteroatoms. The van der Waals surface area contributed by atoms with Crippen LogP contribution in [0.2, 0.25) is 0 Å². The summed E-state index contributed by atoms with van der Waals surface area (Å²) in [5.74, 6) is -1.93. The largest absolute Gasteiger partial charge is 0.477 e. The molecule has 0 aliphatic carbocycles. The molecule has 1 N–H and O–H groups in total. The molecule has 128 valence electrons. The minimum atomic E-state index is -1.18. The Bertz CT molecular complexity index is 875. The Hall–Kier alpha value is -2.94. The van der Waals surface area contributed by atoms with Crippen LogP contribution in [0.5, 0.6) is 0 Å². The zero-order valence-corrected chi connectivity index (χ0v) is 14.2. The number of carbonyl (C=O) groups is 2.